The van der Waals surface area contributed by atoms with E-state index >= 15 is 0 Å². The van der Waals surface area contributed by atoms with Gasteiger partial charge in [-0.05, 0) is 42.9 Å². The second kappa shape index (κ2) is 7.47. The topological polar surface area (TPSA) is 72.4 Å². The standard InChI is InChI=1S/C20H20N4O3S/c1-13-4-3-5-15(8-13)19-21-22-20(28)24(19)11-18(25)23(2)10-14-6-7-16-17(9-14)27-12-26-16/h3-9H,10-12H2,1-2H3,(H,22,28). The minimum atomic E-state index is -0.0657. The Hall–Kier alpha value is -3.13. The van der Waals surface area contributed by atoms with Crippen LogP contribution >= 0.6 is 12.2 Å². The van der Waals surface area contributed by atoms with Crippen LogP contribution in [-0.4, -0.2) is 39.4 Å². The number of nitrogens with zero attached hydrogens (tertiary/aromatic N) is 3. The summed E-state index contributed by atoms with van der Waals surface area (Å²) in [5, 5.41) is 7.10. The zero-order valence-electron chi connectivity index (χ0n) is 15.6. The molecule has 0 saturated heterocycles. The number of likely N-dealkylation sites (N-methyl/N-ethyl adjacent to an activating group) is 1. The van der Waals surface area contributed by atoms with Crippen molar-refractivity contribution in [1.82, 2.24) is 19.7 Å². The monoisotopic (exact) mass is 396 g/mol. The minimum absolute atomic E-state index is 0.0657. The van der Waals surface area contributed by atoms with Gasteiger partial charge in [-0.25, -0.2) is 0 Å². The predicted molar refractivity (Wildman–Crippen MR) is 107 cm³/mol. The van der Waals surface area contributed by atoms with E-state index < -0.39 is 0 Å². The lowest BCUT2D eigenvalue weighted by Gasteiger charge is -2.18. The van der Waals surface area contributed by atoms with Crippen molar-refractivity contribution in [3.05, 3.63) is 58.4 Å². The Morgan fingerprint density at radius 2 is 2.07 bits per heavy atom. The lowest BCUT2D eigenvalue weighted by Crippen LogP contribution is -2.30. The van der Waals surface area contributed by atoms with Crippen LogP contribution < -0.4 is 9.47 Å². The molecule has 1 aliphatic rings. The average molecular weight is 396 g/mol. The van der Waals surface area contributed by atoms with Gasteiger partial charge in [0.25, 0.3) is 0 Å². The summed E-state index contributed by atoms with van der Waals surface area (Å²) in [4.78, 5) is 14.5. The number of carbonyl (C=O) groups is 1. The maximum atomic E-state index is 12.8. The van der Waals surface area contributed by atoms with E-state index in [0.29, 0.717) is 22.9 Å². The number of carbonyl (C=O) groups excluding carboxylic acids is 1. The molecular weight excluding hydrogens is 376 g/mol. The lowest BCUT2D eigenvalue weighted by atomic mass is 10.1. The number of nitrogens with one attached hydrogen (secondary N) is 1. The Morgan fingerprint density at radius 1 is 1.25 bits per heavy atom. The van der Waals surface area contributed by atoms with Gasteiger partial charge >= 0.3 is 0 Å². The molecule has 0 aliphatic carbocycles. The molecule has 1 aliphatic heterocycles. The number of fused-ring (bicyclic) bond motifs is 1. The largest absolute Gasteiger partial charge is 0.454 e. The van der Waals surface area contributed by atoms with E-state index in [-0.39, 0.29) is 19.2 Å². The normalized spacial score (nSPS) is 12.2. The van der Waals surface area contributed by atoms with Gasteiger partial charge in [-0.1, -0.05) is 29.8 Å². The first-order valence-corrected chi connectivity index (χ1v) is 9.27. The molecule has 1 N–H and O–H groups in total. The van der Waals surface area contributed by atoms with Crippen LogP contribution in [0, 0.1) is 11.7 Å². The van der Waals surface area contributed by atoms with Crippen molar-refractivity contribution in [3.63, 3.8) is 0 Å². The van der Waals surface area contributed by atoms with E-state index in [9.17, 15) is 4.79 Å². The molecule has 2 heterocycles. The first-order chi connectivity index (χ1) is 13.5. The van der Waals surface area contributed by atoms with Gasteiger partial charge in [0.05, 0.1) is 0 Å². The van der Waals surface area contributed by atoms with Crippen LogP contribution in [0.2, 0.25) is 0 Å². The molecule has 0 atom stereocenters. The molecule has 0 bridgehead atoms. The third kappa shape index (κ3) is 3.63. The number of H-pyrrole nitrogens is 1. The number of aryl methyl sites for hydroxylation is 1. The number of ether oxygens (including phenoxy) is 2. The van der Waals surface area contributed by atoms with Crippen LogP contribution in [0.5, 0.6) is 11.5 Å². The number of amides is 1. The molecule has 4 rings (SSSR count). The summed E-state index contributed by atoms with van der Waals surface area (Å²) in [5.74, 6) is 2.02. The lowest BCUT2D eigenvalue weighted by molar-refractivity contribution is -0.131. The molecule has 1 aromatic heterocycles. The first kappa shape index (κ1) is 18.2. The molecule has 144 valence electrons. The van der Waals surface area contributed by atoms with Gasteiger partial charge < -0.3 is 14.4 Å². The van der Waals surface area contributed by atoms with Crippen molar-refractivity contribution in [2.24, 2.45) is 0 Å². The summed E-state index contributed by atoms with van der Waals surface area (Å²) in [6, 6.07) is 13.6. The van der Waals surface area contributed by atoms with E-state index in [1.807, 2.05) is 49.4 Å². The number of hydrogen-bond acceptors (Lipinski definition) is 5. The summed E-state index contributed by atoms with van der Waals surface area (Å²) < 4.78 is 12.9. The number of aromatic nitrogens is 3. The fourth-order valence-electron chi connectivity index (χ4n) is 3.13. The average Bonchev–Trinajstić information content (AvgIpc) is 3.28. The molecule has 0 spiro atoms. The smallest absolute Gasteiger partial charge is 0.242 e. The van der Waals surface area contributed by atoms with Crippen molar-refractivity contribution in [2.75, 3.05) is 13.8 Å². The third-order valence-electron chi connectivity index (χ3n) is 4.61. The van der Waals surface area contributed by atoms with Crippen LogP contribution in [0.25, 0.3) is 11.4 Å². The third-order valence-corrected chi connectivity index (χ3v) is 4.92. The van der Waals surface area contributed by atoms with E-state index in [0.717, 1.165) is 22.4 Å². The van der Waals surface area contributed by atoms with Gasteiger partial charge in [0.2, 0.25) is 12.7 Å². The van der Waals surface area contributed by atoms with Crippen LogP contribution in [0.4, 0.5) is 0 Å². The van der Waals surface area contributed by atoms with Crippen molar-refractivity contribution in [3.8, 4) is 22.9 Å². The van der Waals surface area contributed by atoms with Gasteiger partial charge in [0.1, 0.15) is 6.54 Å². The van der Waals surface area contributed by atoms with Crippen LogP contribution in [0.15, 0.2) is 42.5 Å². The SMILES string of the molecule is Cc1cccc(-c2n[nH]c(=S)n2CC(=O)N(C)Cc2ccc3c(c2)OCO3)c1. The quantitative estimate of drug-likeness (QED) is 0.670. The molecule has 1 amide bonds. The van der Waals surface area contributed by atoms with Crippen molar-refractivity contribution >= 4 is 18.1 Å². The van der Waals surface area contributed by atoms with Gasteiger partial charge in [-0.2, -0.15) is 5.10 Å². The van der Waals surface area contributed by atoms with Crippen LogP contribution in [0.3, 0.4) is 0 Å². The Morgan fingerprint density at radius 3 is 2.89 bits per heavy atom. The van der Waals surface area contributed by atoms with Gasteiger partial charge in [0.15, 0.2) is 22.1 Å². The van der Waals surface area contributed by atoms with Gasteiger partial charge in [0, 0.05) is 19.2 Å². The second-order valence-electron chi connectivity index (χ2n) is 6.75. The van der Waals surface area contributed by atoms with E-state index in [4.69, 9.17) is 21.7 Å². The zero-order chi connectivity index (χ0) is 19.7. The van der Waals surface area contributed by atoms with Crippen LogP contribution in [-0.2, 0) is 17.9 Å². The molecule has 0 radical (unpaired) electrons. The Balaban J connectivity index is 1.51. The number of benzene rings is 2. The highest BCUT2D eigenvalue weighted by atomic mass is 32.1. The fraction of sp³-hybridized carbons (Fsp3) is 0.250. The molecule has 7 nitrogen and oxygen atoms in total. The molecule has 0 saturated carbocycles. The van der Waals surface area contributed by atoms with E-state index in [1.54, 1.807) is 16.5 Å². The number of rotatable bonds is 5. The number of aromatic amines is 1. The maximum absolute atomic E-state index is 12.8. The highest BCUT2D eigenvalue weighted by molar-refractivity contribution is 7.71. The molecule has 3 aromatic rings. The molecule has 28 heavy (non-hydrogen) atoms. The fourth-order valence-corrected chi connectivity index (χ4v) is 3.32. The molecule has 0 fully saturated rings. The van der Waals surface area contributed by atoms with E-state index in [1.165, 1.54) is 0 Å². The van der Waals surface area contributed by atoms with Crippen molar-refractivity contribution in [1.29, 1.82) is 0 Å². The summed E-state index contributed by atoms with van der Waals surface area (Å²) in [6.07, 6.45) is 0. The maximum Gasteiger partial charge on any atom is 0.242 e. The number of hydrogen-bond donors (Lipinski definition) is 1. The van der Waals surface area contributed by atoms with Gasteiger partial charge in [-0.15, -0.1) is 0 Å². The predicted octanol–water partition coefficient (Wildman–Crippen LogP) is 3.30. The first-order valence-electron chi connectivity index (χ1n) is 8.86. The van der Waals surface area contributed by atoms with E-state index in [2.05, 4.69) is 10.2 Å². The summed E-state index contributed by atoms with van der Waals surface area (Å²) in [7, 11) is 1.77. The Labute approximate surface area is 167 Å². The minimum Gasteiger partial charge on any atom is -0.454 e. The summed E-state index contributed by atoms with van der Waals surface area (Å²) in [6.45, 7) is 2.81. The molecule has 8 heteroatoms. The molecule has 0 unspecified atom stereocenters. The van der Waals surface area contributed by atoms with Crippen LogP contribution in [0.1, 0.15) is 11.1 Å². The van der Waals surface area contributed by atoms with Crippen molar-refractivity contribution in [2.45, 2.75) is 20.0 Å². The molecular formula is C20H20N4O3S. The highest BCUT2D eigenvalue weighted by Gasteiger charge is 2.18. The Bertz CT molecular complexity index is 1090. The zero-order valence-corrected chi connectivity index (χ0v) is 16.5. The van der Waals surface area contributed by atoms with Crippen molar-refractivity contribution < 1.29 is 14.3 Å². The molecule has 2 aromatic carbocycles. The second-order valence-corrected chi connectivity index (χ2v) is 7.13. The Kier molecular flexibility index (Phi) is 4.87. The highest BCUT2D eigenvalue weighted by Crippen LogP contribution is 2.32. The summed E-state index contributed by atoms with van der Waals surface area (Å²) >= 11 is 5.34. The summed E-state index contributed by atoms with van der Waals surface area (Å²) in [5.41, 5.74) is 3.00. The van der Waals surface area contributed by atoms with Gasteiger partial charge in [-0.3, -0.25) is 14.5 Å².